The summed E-state index contributed by atoms with van der Waals surface area (Å²) < 4.78 is 0. The van der Waals surface area contributed by atoms with Gasteiger partial charge in [0.2, 0.25) is 0 Å². The predicted octanol–water partition coefficient (Wildman–Crippen LogP) is 0.241. The maximum absolute atomic E-state index is 3.69. The van der Waals surface area contributed by atoms with E-state index in [2.05, 4.69) is 10.6 Å². The molecule has 4 bridgehead atoms. The van der Waals surface area contributed by atoms with Crippen molar-refractivity contribution >= 4 is 0 Å². The Kier molecular flexibility index (Phi) is 0.968. The first-order valence-corrected chi connectivity index (χ1v) is 4.45. The number of rotatable bonds is 0. The number of hydrogen-bond donors (Lipinski definition) is 2. The Morgan fingerprint density at radius 1 is 0.600 bits per heavy atom. The first-order chi connectivity index (χ1) is 4.93. The van der Waals surface area contributed by atoms with Crippen LogP contribution < -0.4 is 10.6 Å². The molecule has 5 saturated heterocycles. The van der Waals surface area contributed by atoms with Gasteiger partial charge in [-0.3, -0.25) is 0 Å². The monoisotopic (exact) mass is 138 g/mol. The van der Waals surface area contributed by atoms with E-state index >= 15 is 0 Å². The summed E-state index contributed by atoms with van der Waals surface area (Å²) in [5.74, 6) is 0. The van der Waals surface area contributed by atoms with Crippen LogP contribution in [-0.4, -0.2) is 24.2 Å². The number of piperazine rings is 1. The molecule has 0 aromatic heterocycles. The highest BCUT2D eigenvalue weighted by Gasteiger charge is 2.44. The molecule has 10 heavy (non-hydrogen) atoms. The standard InChI is InChI=1S/C8H14N2/c1-2-6-8-4-3-7(10-6)5(1)9-8/h5-10H,1-4H2/t5-,6-,7-,8-/m0/s1. The van der Waals surface area contributed by atoms with E-state index in [0.29, 0.717) is 0 Å². The zero-order chi connectivity index (χ0) is 6.55. The average Bonchev–Trinajstić information content (AvgIpc) is 2.05. The topological polar surface area (TPSA) is 24.1 Å². The van der Waals surface area contributed by atoms with Gasteiger partial charge in [-0.25, -0.2) is 0 Å². The molecule has 2 nitrogen and oxygen atoms in total. The summed E-state index contributed by atoms with van der Waals surface area (Å²) in [7, 11) is 0. The molecule has 0 radical (unpaired) electrons. The molecule has 0 saturated carbocycles. The lowest BCUT2D eigenvalue weighted by molar-refractivity contribution is 0.0777. The molecule has 5 rings (SSSR count). The van der Waals surface area contributed by atoms with Gasteiger partial charge in [-0.05, 0) is 25.7 Å². The SMILES string of the molecule is C1C[C@@H]2N[C@H]3CC[C@@H]2N[C@@H]13. The molecular formula is C8H14N2. The molecule has 0 amide bonds. The molecule has 4 atom stereocenters. The van der Waals surface area contributed by atoms with E-state index in [1.807, 2.05) is 0 Å². The molecule has 5 aliphatic heterocycles. The summed E-state index contributed by atoms with van der Waals surface area (Å²) in [6, 6.07) is 3.29. The van der Waals surface area contributed by atoms with Crippen LogP contribution in [0, 0.1) is 0 Å². The van der Waals surface area contributed by atoms with Gasteiger partial charge in [-0.1, -0.05) is 0 Å². The Morgan fingerprint density at radius 3 is 1.10 bits per heavy atom. The maximum Gasteiger partial charge on any atom is 0.0225 e. The number of hydrogen-bond acceptors (Lipinski definition) is 2. The molecule has 56 valence electrons. The summed E-state index contributed by atoms with van der Waals surface area (Å²) in [6.07, 6.45) is 5.66. The molecule has 2 N–H and O–H groups in total. The van der Waals surface area contributed by atoms with Crippen LogP contribution in [0.1, 0.15) is 25.7 Å². The van der Waals surface area contributed by atoms with Crippen molar-refractivity contribution in [2.24, 2.45) is 0 Å². The maximum atomic E-state index is 3.69. The van der Waals surface area contributed by atoms with Crippen LogP contribution in [0.3, 0.4) is 0 Å². The molecule has 2 heteroatoms. The van der Waals surface area contributed by atoms with Gasteiger partial charge in [0.1, 0.15) is 0 Å². The molecule has 0 aromatic carbocycles. The molecule has 5 heterocycles. The van der Waals surface area contributed by atoms with Gasteiger partial charge in [0.15, 0.2) is 0 Å². The minimum Gasteiger partial charge on any atom is -0.308 e. The third-order valence-electron chi connectivity index (χ3n) is 3.41. The first kappa shape index (κ1) is 5.56. The van der Waals surface area contributed by atoms with E-state index in [1.165, 1.54) is 25.7 Å². The van der Waals surface area contributed by atoms with Crippen molar-refractivity contribution in [2.45, 2.75) is 49.9 Å². The highest BCUT2D eigenvalue weighted by atomic mass is 15.2. The quantitative estimate of drug-likeness (QED) is 0.501. The summed E-state index contributed by atoms with van der Waals surface area (Å²) in [5.41, 5.74) is 0. The van der Waals surface area contributed by atoms with E-state index in [1.54, 1.807) is 0 Å². The van der Waals surface area contributed by atoms with Crippen LogP contribution >= 0.6 is 0 Å². The largest absolute Gasteiger partial charge is 0.308 e. The van der Waals surface area contributed by atoms with Crippen molar-refractivity contribution in [3.05, 3.63) is 0 Å². The molecule has 0 spiro atoms. The molecular weight excluding hydrogens is 124 g/mol. The fourth-order valence-electron chi connectivity index (χ4n) is 2.87. The van der Waals surface area contributed by atoms with Gasteiger partial charge < -0.3 is 10.6 Å². The highest BCUT2D eigenvalue weighted by Crippen LogP contribution is 2.32. The Labute approximate surface area is 61.4 Å². The molecule has 5 fully saturated rings. The lowest BCUT2D eigenvalue weighted by atomic mass is 9.75. The highest BCUT2D eigenvalue weighted by molar-refractivity contribution is 5.07. The zero-order valence-corrected chi connectivity index (χ0v) is 6.14. The van der Waals surface area contributed by atoms with E-state index in [9.17, 15) is 0 Å². The lowest BCUT2D eigenvalue weighted by Crippen LogP contribution is -2.73. The minimum atomic E-state index is 0.823. The van der Waals surface area contributed by atoms with Crippen molar-refractivity contribution in [3.63, 3.8) is 0 Å². The Bertz CT molecular complexity index is 123. The van der Waals surface area contributed by atoms with Crippen molar-refractivity contribution in [1.29, 1.82) is 0 Å². The fourth-order valence-corrected chi connectivity index (χ4v) is 2.87. The molecule has 0 aromatic rings. The van der Waals surface area contributed by atoms with Crippen LogP contribution in [0.2, 0.25) is 0 Å². The Hall–Kier alpha value is -0.0800. The third kappa shape index (κ3) is 0.565. The summed E-state index contributed by atoms with van der Waals surface area (Å²) in [6.45, 7) is 0. The Balaban J connectivity index is 1.94. The lowest BCUT2D eigenvalue weighted by Gasteiger charge is -2.54. The van der Waals surface area contributed by atoms with Crippen molar-refractivity contribution in [3.8, 4) is 0 Å². The Morgan fingerprint density at radius 2 is 0.900 bits per heavy atom. The van der Waals surface area contributed by atoms with Gasteiger partial charge in [0.25, 0.3) is 0 Å². The van der Waals surface area contributed by atoms with Crippen LogP contribution in [0.15, 0.2) is 0 Å². The minimum absolute atomic E-state index is 0.823. The summed E-state index contributed by atoms with van der Waals surface area (Å²) in [5, 5.41) is 7.38. The summed E-state index contributed by atoms with van der Waals surface area (Å²) in [4.78, 5) is 0. The zero-order valence-electron chi connectivity index (χ0n) is 6.14. The molecule has 0 aliphatic carbocycles. The second-order valence-electron chi connectivity index (χ2n) is 3.91. The summed E-state index contributed by atoms with van der Waals surface area (Å²) >= 11 is 0. The van der Waals surface area contributed by atoms with Crippen LogP contribution in [0.25, 0.3) is 0 Å². The first-order valence-electron chi connectivity index (χ1n) is 4.45. The van der Waals surface area contributed by atoms with E-state index in [4.69, 9.17) is 0 Å². The predicted molar refractivity (Wildman–Crippen MR) is 39.9 cm³/mol. The second-order valence-corrected chi connectivity index (χ2v) is 3.91. The van der Waals surface area contributed by atoms with Crippen molar-refractivity contribution in [1.82, 2.24) is 10.6 Å². The van der Waals surface area contributed by atoms with Crippen LogP contribution in [0.5, 0.6) is 0 Å². The number of fused-ring (bicyclic) bond motifs is 2. The van der Waals surface area contributed by atoms with E-state index in [-0.39, 0.29) is 0 Å². The van der Waals surface area contributed by atoms with Gasteiger partial charge in [-0.2, -0.15) is 0 Å². The molecule has 0 unspecified atom stereocenters. The van der Waals surface area contributed by atoms with Crippen molar-refractivity contribution < 1.29 is 0 Å². The number of nitrogens with one attached hydrogen (secondary N) is 2. The smallest absolute Gasteiger partial charge is 0.0225 e. The van der Waals surface area contributed by atoms with Crippen LogP contribution in [-0.2, 0) is 0 Å². The van der Waals surface area contributed by atoms with Gasteiger partial charge in [-0.15, -0.1) is 0 Å². The van der Waals surface area contributed by atoms with Crippen molar-refractivity contribution in [2.75, 3.05) is 0 Å². The van der Waals surface area contributed by atoms with Gasteiger partial charge in [0.05, 0.1) is 0 Å². The van der Waals surface area contributed by atoms with Gasteiger partial charge >= 0.3 is 0 Å². The molecule has 5 aliphatic rings. The number of piperidine rings is 4. The van der Waals surface area contributed by atoms with E-state index < -0.39 is 0 Å². The third-order valence-corrected chi connectivity index (χ3v) is 3.41. The van der Waals surface area contributed by atoms with Gasteiger partial charge in [0, 0.05) is 24.2 Å². The fraction of sp³-hybridized carbons (Fsp3) is 1.00. The second kappa shape index (κ2) is 1.74. The normalized spacial score (nSPS) is 57.6. The van der Waals surface area contributed by atoms with E-state index in [0.717, 1.165) is 24.2 Å². The van der Waals surface area contributed by atoms with Crippen LogP contribution in [0.4, 0.5) is 0 Å². The average molecular weight is 138 g/mol.